The average Bonchev–Trinajstić information content (AvgIpc) is 2.91. The Bertz CT molecular complexity index is 479. The van der Waals surface area contributed by atoms with Crippen molar-refractivity contribution >= 4 is 23.4 Å². The molecule has 0 spiro atoms. The number of ether oxygens (including phenoxy) is 1. The van der Waals surface area contributed by atoms with Crippen molar-refractivity contribution in [2.24, 2.45) is 5.92 Å². The predicted octanol–water partition coefficient (Wildman–Crippen LogP) is 3.16. The fourth-order valence-electron chi connectivity index (χ4n) is 1.85. The molecule has 110 valence electrons. The Kier molecular flexibility index (Phi) is 5.31. The van der Waals surface area contributed by atoms with Crippen molar-refractivity contribution in [2.75, 3.05) is 24.3 Å². The molecule has 7 heteroatoms. The van der Waals surface area contributed by atoms with Crippen molar-refractivity contribution in [3.8, 4) is 0 Å². The van der Waals surface area contributed by atoms with Crippen molar-refractivity contribution in [1.29, 1.82) is 0 Å². The van der Waals surface area contributed by atoms with Gasteiger partial charge in [0.1, 0.15) is 5.82 Å². The number of anilines is 1. The van der Waals surface area contributed by atoms with Crippen LogP contribution in [0, 0.1) is 11.7 Å². The smallest absolute Gasteiger partial charge is 0.247 e. The van der Waals surface area contributed by atoms with E-state index in [-0.39, 0.29) is 17.5 Å². The third-order valence-electron chi connectivity index (χ3n) is 2.86. The van der Waals surface area contributed by atoms with Gasteiger partial charge in [-0.05, 0) is 24.6 Å². The van der Waals surface area contributed by atoms with Crippen molar-refractivity contribution < 1.29 is 22.7 Å². The van der Waals surface area contributed by atoms with Crippen LogP contribution in [-0.4, -0.2) is 31.3 Å². The first-order chi connectivity index (χ1) is 9.56. The van der Waals surface area contributed by atoms with Crippen LogP contribution in [0.1, 0.15) is 6.42 Å². The van der Waals surface area contributed by atoms with Gasteiger partial charge in [0, 0.05) is 11.5 Å². The number of thioether (sulfide) groups is 1. The summed E-state index contributed by atoms with van der Waals surface area (Å²) >= 11 is 0.886. The molecule has 0 aliphatic carbocycles. The van der Waals surface area contributed by atoms with E-state index in [0.717, 1.165) is 17.8 Å². The zero-order valence-electron chi connectivity index (χ0n) is 10.6. The summed E-state index contributed by atoms with van der Waals surface area (Å²) in [6.45, 7) is 0.856. The lowest BCUT2D eigenvalue weighted by Crippen LogP contribution is -2.23. The van der Waals surface area contributed by atoms with E-state index < -0.39 is 18.0 Å². The molecule has 1 aliphatic rings. The van der Waals surface area contributed by atoms with Crippen LogP contribution >= 0.6 is 11.8 Å². The Morgan fingerprint density at radius 2 is 2.30 bits per heavy atom. The van der Waals surface area contributed by atoms with Gasteiger partial charge in [0.15, 0.2) is 0 Å². The molecule has 1 saturated heterocycles. The van der Waals surface area contributed by atoms with Crippen molar-refractivity contribution in [3.05, 3.63) is 24.0 Å². The number of alkyl halides is 2. The molecular weight excluding hydrogens is 291 g/mol. The molecule has 0 saturated carbocycles. The highest BCUT2D eigenvalue weighted by Gasteiger charge is 2.24. The molecular formula is C13H14F3NO2S. The number of hydrogen-bond acceptors (Lipinski definition) is 3. The first-order valence-electron chi connectivity index (χ1n) is 6.15. The zero-order chi connectivity index (χ0) is 14.5. The molecule has 1 aromatic rings. The highest BCUT2D eigenvalue weighted by atomic mass is 32.2. The Morgan fingerprint density at radius 3 is 2.95 bits per heavy atom. The maximum atomic E-state index is 13.2. The highest BCUT2D eigenvalue weighted by molar-refractivity contribution is 7.99. The molecule has 1 amide bonds. The summed E-state index contributed by atoms with van der Waals surface area (Å²) in [6.07, 6.45) is -1.85. The monoisotopic (exact) mass is 305 g/mol. The van der Waals surface area contributed by atoms with Crippen LogP contribution in [0.15, 0.2) is 23.1 Å². The molecule has 1 aliphatic heterocycles. The maximum absolute atomic E-state index is 13.2. The number of amides is 1. The third-order valence-corrected chi connectivity index (χ3v) is 3.95. The summed E-state index contributed by atoms with van der Waals surface area (Å²) in [5, 5.41) is 2.59. The number of rotatable bonds is 5. The number of halogens is 3. The molecule has 1 atom stereocenters. The van der Waals surface area contributed by atoms with E-state index in [1.807, 2.05) is 0 Å². The molecule has 3 nitrogen and oxygen atoms in total. The molecule has 0 aromatic heterocycles. The highest BCUT2D eigenvalue weighted by Crippen LogP contribution is 2.30. The fourth-order valence-corrected chi connectivity index (χ4v) is 2.59. The second-order valence-electron chi connectivity index (χ2n) is 4.39. The van der Waals surface area contributed by atoms with Crippen LogP contribution in [0.4, 0.5) is 18.9 Å². The number of hydrogen-bond donors (Lipinski definition) is 1. The molecule has 0 radical (unpaired) electrons. The zero-order valence-corrected chi connectivity index (χ0v) is 11.4. The first kappa shape index (κ1) is 15.2. The van der Waals surface area contributed by atoms with Gasteiger partial charge in [-0.3, -0.25) is 4.79 Å². The minimum atomic E-state index is -2.46. The Labute approximate surface area is 118 Å². The molecule has 20 heavy (non-hydrogen) atoms. The van der Waals surface area contributed by atoms with Gasteiger partial charge >= 0.3 is 0 Å². The number of carbonyl (C=O) groups excluding carboxylic acids is 1. The van der Waals surface area contributed by atoms with Crippen LogP contribution in [0.5, 0.6) is 0 Å². The number of nitrogens with one attached hydrogen (secondary N) is 1. The first-order valence-corrected chi connectivity index (χ1v) is 7.14. The van der Waals surface area contributed by atoms with Crippen molar-refractivity contribution in [3.63, 3.8) is 0 Å². The molecule has 1 N–H and O–H groups in total. The average molecular weight is 305 g/mol. The molecule has 1 fully saturated rings. The number of carbonyl (C=O) groups is 1. The SMILES string of the molecule is O=C(Nc1cc(F)ccc1SCC(F)F)C1CCOC1. The van der Waals surface area contributed by atoms with Gasteiger partial charge in [0.05, 0.1) is 24.0 Å². The van der Waals surface area contributed by atoms with Gasteiger partial charge < -0.3 is 10.1 Å². The van der Waals surface area contributed by atoms with Gasteiger partial charge in [0.2, 0.25) is 12.3 Å². The van der Waals surface area contributed by atoms with Gasteiger partial charge in [-0.25, -0.2) is 13.2 Å². The summed E-state index contributed by atoms with van der Waals surface area (Å²) in [6, 6.07) is 3.72. The van der Waals surface area contributed by atoms with E-state index in [4.69, 9.17) is 4.74 Å². The normalized spacial score (nSPS) is 18.5. The van der Waals surface area contributed by atoms with E-state index in [1.54, 1.807) is 0 Å². The van der Waals surface area contributed by atoms with E-state index in [9.17, 15) is 18.0 Å². The summed E-state index contributed by atoms with van der Waals surface area (Å²) < 4.78 is 42.8. The predicted molar refractivity (Wildman–Crippen MR) is 70.7 cm³/mol. The van der Waals surface area contributed by atoms with Crippen LogP contribution in [0.3, 0.4) is 0 Å². The second kappa shape index (κ2) is 6.99. The van der Waals surface area contributed by atoms with Gasteiger partial charge in [0.25, 0.3) is 0 Å². The standard InChI is InChI=1S/C13H14F3NO2S/c14-9-1-2-11(20-7-12(15)16)10(5-9)17-13(18)8-3-4-19-6-8/h1-2,5,8,12H,3-4,6-7H2,(H,17,18). The lowest BCUT2D eigenvalue weighted by Gasteiger charge is -2.13. The van der Waals surface area contributed by atoms with E-state index >= 15 is 0 Å². The molecule has 1 aromatic carbocycles. The second-order valence-corrected chi connectivity index (χ2v) is 5.45. The van der Waals surface area contributed by atoms with Gasteiger partial charge in [-0.1, -0.05) is 0 Å². The minimum absolute atomic E-state index is 0.229. The Balaban J connectivity index is 2.07. The van der Waals surface area contributed by atoms with E-state index in [0.29, 0.717) is 24.5 Å². The Hall–Kier alpha value is -1.21. The van der Waals surface area contributed by atoms with E-state index in [1.165, 1.54) is 12.1 Å². The molecule has 2 rings (SSSR count). The van der Waals surface area contributed by atoms with Crippen LogP contribution in [0.2, 0.25) is 0 Å². The van der Waals surface area contributed by atoms with Crippen LogP contribution < -0.4 is 5.32 Å². The Morgan fingerprint density at radius 1 is 1.50 bits per heavy atom. The maximum Gasteiger partial charge on any atom is 0.247 e. The number of benzene rings is 1. The third kappa shape index (κ3) is 4.14. The summed E-state index contributed by atoms with van der Waals surface area (Å²) in [7, 11) is 0. The fraction of sp³-hybridized carbons (Fsp3) is 0.462. The summed E-state index contributed by atoms with van der Waals surface area (Å²) in [5.41, 5.74) is 0.229. The largest absolute Gasteiger partial charge is 0.381 e. The lowest BCUT2D eigenvalue weighted by molar-refractivity contribution is -0.119. The quantitative estimate of drug-likeness (QED) is 0.849. The van der Waals surface area contributed by atoms with Crippen LogP contribution in [0.25, 0.3) is 0 Å². The van der Waals surface area contributed by atoms with Crippen LogP contribution in [-0.2, 0) is 9.53 Å². The summed E-state index contributed by atoms with van der Waals surface area (Å²) in [4.78, 5) is 12.4. The summed E-state index contributed by atoms with van der Waals surface area (Å²) in [5.74, 6) is -1.47. The molecule has 0 bridgehead atoms. The van der Waals surface area contributed by atoms with Crippen molar-refractivity contribution in [2.45, 2.75) is 17.7 Å². The van der Waals surface area contributed by atoms with Crippen molar-refractivity contribution in [1.82, 2.24) is 0 Å². The van der Waals surface area contributed by atoms with Gasteiger partial charge in [-0.2, -0.15) is 0 Å². The molecule has 1 unspecified atom stereocenters. The topological polar surface area (TPSA) is 38.3 Å². The lowest BCUT2D eigenvalue weighted by atomic mass is 10.1. The minimum Gasteiger partial charge on any atom is -0.381 e. The molecule has 1 heterocycles. The van der Waals surface area contributed by atoms with E-state index in [2.05, 4.69) is 5.32 Å². The van der Waals surface area contributed by atoms with Gasteiger partial charge in [-0.15, -0.1) is 11.8 Å².